The van der Waals surface area contributed by atoms with E-state index in [9.17, 15) is 5.11 Å². The molecule has 3 heteroatoms. The van der Waals surface area contributed by atoms with Crippen molar-refractivity contribution in [3.05, 3.63) is 21.9 Å². The summed E-state index contributed by atoms with van der Waals surface area (Å²) in [5, 5.41) is 12.8. The molecular formula is C11H19NOS. The van der Waals surface area contributed by atoms with Crippen molar-refractivity contribution in [2.45, 2.75) is 33.4 Å². The van der Waals surface area contributed by atoms with Gasteiger partial charge in [0.25, 0.3) is 0 Å². The summed E-state index contributed by atoms with van der Waals surface area (Å²) in [7, 11) is 0. The largest absolute Gasteiger partial charge is 0.392 e. The normalized spacial score (nSPS) is 13.5. The van der Waals surface area contributed by atoms with E-state index in [2.05, 4.69) is 24.4 Å². The summed E-state index contributed by atoms with van der Waals surface area (Å²) in [6, 6.07) is 4.26. The van der Waals surface area contributed by atoms with E-state index < -0.39 is 0 Å². The Morgan fingerprint density at radius 1 is 1.43 bits per heavy atom. The maximum atomic E-state index is 9.55. The number of hydrogen-bond acceptors (Lipinski definition) is 3. The van der Waals surface area contributed by atoms with Gasteiger partial charge in [-0.15, -0.1) is 11.3 Å². The number of thiophene rings is 1. The summed E-state index contributed by atoms with van der Waals surface area (Å²) in [6.45, 7) is 7.71. The van der Waals surface area contributed by atoms with Crippen molar-refractivity contribution < 1.29 is 5.11 Å². The summed E-state index contributed by atoms with van der Waals surface area (Å²) in [6.07, 6.45) is -0.240. The molecule has 0 bridgehead atoms. The Morgan fingerprint density at radius 2 is 2.14 bits per heavy atom. The summed E-state index contributed by atoms with van der Waals surface area (Å²) in [5.74, 6) is 0.326. The highest BCUT2D eigenvalue weighted by atomic mass is 32.1. The smallest absolute Gasteiger partial charge is 0.0687 e. The van der Waals surface area contributed by atoms with Crippen LogP contribution >= 0.6 is 11.3 Å². The molecule has 0 amide bonds. The molecule has 1 aromatic rings. The van der Waals surface area contributed by atoms with E-state index in [1.54, 1.807) is 11.3 Å². The zero-order valence-corrected chi connectivity index (χ0v) is 9.90. The van der Waals surface area contributed by atoms with Crippen LogP contribution < -0.4 is 5.32 Å². The molecule has 0 spiro atoms. The van der Waals surface area contributed by atoms with Crippen molar-refractivity contribution in [2.75, 3.05) is 6.54 Å². The van der Waals surface area contributed by atoms with E-state index in [0.29, 0.717) is 12.5 Å². The van der Waals surface area contributed by atoms with Gasteiger partial charge in [0.2, 0.25) is 0 Å². The predicted octanol–water partition coefficient (Wildman–Crippen LogP) is 2.16. The van der Waals surface area contributed by atoms with Crippen molar-refractivity contribution in [1.82, 2.24) is 5.32 Å². The van der Waals surface area contributed by atoms with Crippen LogP contribution in [0.2, 0.25) is 0 Å². The lowest BCUT2D eigenvalue weighted by Gasteiger charge is -2.14. The molecule has 0 aliphatic rings. The second-order valence-corrected chi connectivity index (χ2v) is 5.33. The third-order valence-electron chi connectivity index (χ3n) is 2.22. The molecule has 14 heavy (non-hydrogen) atoms. The number of aryl methyl sites for hydroxylation is 1. The third-order valence-corrected chi connectivity index (χ3v) is 3.22. The molecule has 0 aromatic carbocycles. The fraction of sp³-hybridized carbons (Fsp3) is 0.636. The number of nitrogens with one attached hydrogen (secondary N) is 1. The van der Waals surface area contributed by atoms with Crippen molar-refractivity contribution in [2.24, 2.45) is 5.92 Å². The van der Waals surface area contributed by atoms with Gasteiger partial charge in [0, 0.05) is 22.8 Å². The standard InChI is InChI=1S/C11H19NOS/c1-8(2)11(13)7-12-6-10-5-4-9(3)14-10/h4-5,8,11-13H,6-7H2,1-3H3. The second-order valence-electron chi connectivity index (χ2n) is 3.95. The van der Waals surface area contributed by atoms with Gasteiger partial charge in [0.15, 0.2) is 0 Å². The van der Waals surface area contributed by atoms with Gasteiger partial charge in [0.1, 0.15) is 0 Å². The molecule has 0 aliphatic carbocycles. The lowest BCUT2D eigenvalue weighted by Crippen LogP contribution is -2.29. The minimum Gasteiger partial charge on any atom is -0.392 e. The minimum atomic E-state index is -0.240. The third kappa shape index (κ3) is 3.78. The van der Waals surface area contributed by atoms with Gasteiger partial charge in [-0.2, -0.15) is 0 Å². The van der Waals surface area contributed by atoms with Crippen molar-refractivity contribution in [3.8, 4) is 0 Å². The molecule has 0 aliphatic heterocycles. The number of rotatable bonds is 5. The Balaban J connectivity index is 2.22. The number of aliphatic hydroxyl groups is 1. The maximum absolute atomic E-state index is 9.55. The van der Waals surface area contributed by atoms with Crippen LogP contribution in [0.15, 0.2) is 12.1 Å². The highest BCUT2D eigenvalue weighted by Crippen LogP contribution is 2.14. The molecule has 1 unspecified atom stereocenters. The summed E-state index contributed by atoms with van der Waals surface area (Å²) < 4.78 is 0. The Hall–Kier alpha value is -0.380. The first-order valence-electron chi connectivity index (χ1n) is 5.03. The summed E-state index contributed by atoms with van der Waals surface area (Å²) in [5.41, 5.74) is 0. The lowest BCUT2D eigenvalue weighted by molar-refractivity contribution is 0.123. The molecule has 1 atom stereocenters. The molecule has 80 valence electrons. The van der Waals surface area contributed by atoms with E-state index in [1.807, 2.05) is 13.8 Å². The van der Waals surface area contributed by atoms with Crippen molar-refractivity contribution in [3.63, 3.8) is 0 Å². The van der Waals surface area contributed by atoms with Gasteiger partial charge in [-0.3, -0.25) is 0 Å². The van der Waals surface area contributed by atoms with Gasteiger partial charge < -0.3 is 10.4 Å². The minimum absolute atomic E-state index is 0.240. The lowest BCUT2D eigenvalue weighted by atomic mass is 10.1. The molecule has 0 saturated heterocycles. The molecule has 1 heterocycles. The van der Waals surface area contributed by atoms with Gasteiger partial charge in [-0.25, -0.2) is 0 Å². The predicted molar refractivity (Wildman–Crippen MR) is 61.6 cm³/mol. The molecule has 0 saturated carbocycles. The summed E-state index contributed by atoms with van der Waals surface area (Å²) in [4.78, 5) is 2.67. The quantitative estimate of drug-likeness (QED) is 0.785. The Kier molecular flexibility index (Phi) is 4.58. The first-order valence-corrected chi connectivity index (χ1v) is 5.85. The molecule has 1 rings (SSSR count). The van der Waals surface area contributed by atoms with Crippen LogP contribution in [0.4, 0.5) is 0 Å². The van der Waals surface area contributed by atoms with Crippen molar-refractivity contribution in [1.29, 1.82) is 0 Å². The topological polar surface area (TPSA) is 32.3 Å². The van der Waals surface area contributed by atoms with Crippen LogP contribution in [0.1, 0.15) is 23.6 Å². The molecule has 0 radical (unpaired) electrons. The van der Waals surface area contributed by atoms with Crippen LogP contribution in [0, 0.1) is 12.8 Å². The zero-order valence-electron chi connectivity index (χ0n) is 9.08. The SMILES string of the molecule is Cc1ccc(CNCC(O)C(C)C)s1. The number of aliphatic hydroxyl groups excluding tert-OH is 1. The summed E-state index contributed by atoms with van der Waals surface area (Å²) >= 11 is 1.80. The second kappa shape index (κ2) is 5.49. The van der Waals surface area contributed by atoms with Crippen LogP contribution in [0.5, 0.6) is 0 Å². The monoisotopic (exact) mass is 213 g/mol. The van der Waals surface area contributed by atoms with E-state index in [1.165, 1.54) is 9.75 Å². The molecule has 1 aromatic heterocycles. The van der Waals surface area contributed by atoms with Gasteiger partial charge in [-0.05, 0) is 25.0 Å². The molecule has 2 N–H and O–H groups in total. The highest BCUT2D eigenvalue weighted by molar-refractivity contribution is 7.11. The van der Waals surface area contributed by atoms with Crippen LogP contribution in [0.25, 0.3) is 0 Å². The van der Waals surface area contributed by atoms with Gasteiger partial charge in [0.05, 0.1) is 6.10 Å². The fourth-order valence-electron chi connectivity index (χ4n) is 1.16. The van der Waals surface area contributed by atoms with E-state index in [-0.39, 0.29) is 6.10 Å². The average Bonchev–Trinajstić information content (AvgIpc) is 2.51. The van der Waals surface area contributed by atoms with E-state index >= 15 is 0 Å². The highest BCUT2D eigenvalue weighted by Gasteiger charge is 2.07. The Morgan fingerprint density at radius 3 is 2.64 bits per heavy atom. The average molecular weight is 213 g/mol. The van der Waals surface area contributed by atoms with Crippen LogP contribution in [-0.4, -0.2) is 17.8 Å². The molecule has 2 nitrogen and oxygen atoms in total. The number of hydrogen-bond donors (Lipinski definition) is 2. The van der Waals surface area contributed by atoms with E-state index in [0.717, 1.165) is 6.54 Å². The maximum Gasteiger partial charge on any atom is 0.0687 e. The Labute approximate surface area is 90.0 Å². The van der Waals surface area contributed by atoms with Gasteiger partial charge >= 0.3 is 0 Å². The first-order chi connectivity index (χ1) is 6.59. The van der Waals surface area contributed by atoms with Crippen LogP contribution in [0.3, 0.4) is 0 Å². The van der Waals surface area contributed by atoms with Gasteiger partial charge in [-0.1, -0.05) is 13.8 Å². The first kappa shape index (κ1) is 11.7. The fourth-order valence-corrected chi connectivity index (χ4v) is 2.02. The van der Waals surface area contributed by atoms with Crippen LogP contribution in [-0.2, 0) is 6.54 Å². The molecular weight excluding hydrogens is 194 g/mol. The van der Waals surface area contributed by atoms with Crippen molar-refractivity contribution >= 4 is 11.3 Å². The zero-order chi connectivity index (χ0) is 10.6. The van der Waals surface area contributed by atoms with E-state index in [4.69, 9.17) is 0 Å². The Bertz CT molecular complexity index is 270. The molecule has 0 fully saturated rings.